The maximum absolute atomic E-state index is 14.7. The Balaban J connectivity index is 1.39. The summed E-state index contributed by atoms with van der Waals surface area (Å²) in [7, 11) is 0. The van der Waals surface area contributed by atoms with Crippen LogP contribution >= 0.6 is 0 Å². The number of hydrogen-bond donors (Lipinski definition) is 3. The summed E-state index contributed by atoms with van der Waals surface area (Å²) in [5.41, 5.74) is 0.864. The Kier molecular flexibility index (Phi) is 5.97. The number of rotatable bonds is 4. The lowest BCUT2D eigenvalue weighted by Gasteiger charge is -2.24. The summed E-state index contributed by atoms with van der Waals surface area (Å²) in [6.07, 6.45) is 1.65. The number of nitrogens with zero attached hydrogens (tertiary/aromatic N) is 1. The molecule has 33 heavy (non-hydrogen) atoms. The van der Waals surface area contributed by atoms with Gasteiger partial charge in [0, 0.05) is 36.6 Å². The predicted octanol–water partition coefficient (Wildman–Crippen LogP) is 4.79. The number of amides is 2. The van der Waals surface area contributed by atoms with Gasteiger partial charge in [-0.2, -0.15) is 0 Å². The van der Waals surface area contributed by atoms with Gasteiger partial charge in [-0.05, 0) is 57.5 Å². The number of ether oxygens (including phenoxy) is 1. The average molecular weight is 456 g/mol. The molecule has 2 aromatic carbocycles. The van der Waals surface area contributed by atoms with Crippen LogP contribution in [-0.4, -0.2) is 41.6 Å². The van der Waals surface area contributed by atoms with Crippen molar-refractivity contribution in [1.29, 1.82) is 0 Å². The average Bonchev–Trinajstić information content (AvgIpc) is 3.32. The molecular formula is C24H26F2N4O3. The Morgan fingerprint density at radius 2 is 2.00 bits per heavy atom. The Morgan fingerprint density at radius 3 is 2.73 bits per heavy atom. The van der Waals surface area contributed by atoms with E-state index in [1.807, 2.05) is 20.8 Å². The summed E-state index contributed by atoms with van der Waals surface area (Å²) >= 11 is 0. The molecule has 1 unspecified atom stereocenters. The van der Waals surface area contributed by atoms with Crippen LogP contribution in [0.15, 0.2) is 42.6 Å². The van der Waals surface area contributed by atoms with Gasteiger partial charge in [-0.3, -0.25) is 4.79 Å². The molecule has 1 saturated heterocycles. The van der Waals surface area contributed by atoms with Crippen molar-refractivity contribution in [3.05, 3.63) is 59.8 Å². The van der Waals surface area contributed by atoms with E-state index in [1.165, 1.54) is 24.4 Å². The van der Waals surface area contributed by atoms with Gasteiger partial charge in [0.15, 0.2) is 0 Å². The molecule has 9 heteroatoms. The van der Waals surface area contributed by atoms with E-state index in [2.05, 4.69) is 16.0 Å². The predicted molar refractivity (Wildman–Crippen MR) is 123 cm³/mol. The first-order valence-corrected chi connectivity index (χ1v) is 10.7. The molecular weight excluding hydrogens is 430 g/mol. The second-order valence-electron chi connectivity index (χ2n) is 9.07. The highest BCUT2D eigenvalue weighted by molar-refractivity contribution is 6.31. The van der Waals surface area contributed by atoms with Crippen LogP contribution in [0.2, 0.25) is 0 Å². The fourth-order valence-electron chi connectivity index (χ4n) is 3.81. The van der Waals surface area contributed by atoms with Crippen molar-refractivity contribution in [1.82, 2.24) is 4.90 Å². The molecule has 2 aromatic rings. The number of likely N-dealkylation sites (tertiary alicyclic amines) is 1. The van der Waals surface area contributed by atoms with E-state index >= 15 is 0 Å². The molecule has 2 amide bonds. The summed E-state index contributed by atoms with van der Waals surface area (Å²) in [6, 6.07) is 8.82. The SMILES string of the molecule is CC(C)(C)OC(=O)N1CCC(Nc2ccc(N/C=C3\C(=O)Nc4cccc(F)c43)cc2F)C1. The summed E-state index contributed by atoms with van der Waals surface area (Å²) in [5, 5.41) is 8.59. The number of anilines is 3. The van der Waals surface area contributed by atoms with E-state index < -0.39 is 23.1 Å². The van der Waals surface area contributed by atoms with Gasteiger partial charge in [0.25, 0.3) is 5.91 Å². The fraction of sp³-hybridized carbons (Fsp3) is 0.333. The largest absolute Gasteiger partial charge is 0.444 e. The van der Waals surface area contributed by atoms with Crippen molar-refractivity contribution in [2.24, 2.45) is 0 Å². The first-order chi connectivity index (χ1) is 15.6. The quantitative estimate of drug-likeness (QED) is 0.577. The first-order valence-electron chi connectivity index (χ1n) is 10.7. The first kappa shape index (κ1) is 22.6. The number of carbonyl (C=O) groups is 2. The molecule has 4 rings (SSSR count). The fourth-order valence-corrected chi connectivity index (χ4v) is 3.81. The van der Waals surface area contributed by atoms with Crippen molar-refractivity contribution >= 4 is 34.6 Å². The van der Waals surface area contributed by atoms with Crippen LogP contribution in [0.1, 0.15) is 32.8 Å². The Morgan fingerprint density at radius 1 is 1.21 bits per heavy atom. The van der Waals surface area contributed by atoms with E-state index in [4.69, 9.17) is 4.74 Å². The zero-order valence-electron chi connectivity index (χ0n) is 18.7. The van der Waals surface area contributed by atoms with Crippen LogP contribution < -0.4 is 16.0 Å². The smallest absolute Gasteiger partial charge is 0.410 e. The molecule has 0 aliphatic carbocycles. The minimum absolute atomic E-state index is 0.102. The summed E-state index contributed by atoms with van der Waals surface area (Å²) in [4.78, 5) is 26.0. The number of fused-ring (bicyclic) bond motifs is 1. The standard InChI is InChI=1S/C24H26F2N4O3/c1-24(2,3)33-23(32)30-10-9-15(13-30)28-19-8-7-14(11-18(19)26)27-12-16-21-17(25)5-4-6-20(21)29-22(16)31/h4-8,11-12,15,27-28H,9-10,13H2,1-3H3,(H,29,31)/b16-12-. The van der Waals surface area contributed by atoms with Gasteiger partial charge >= 0.3 is 6.09 Å². The molecule has 7 nitrogen and oxygen atoms in total. The van der Waals surface area contributed by atoms with Crippen LogP contribution in [-0.2, 0) is 9.53 Å². The van der Waals surface area contributed by atoms with Crippen LogP contribution in [0.25, 0.3) is 5.57 Å². The zero-order chi connectivity index (χ0) is 23.8. The highest BCUT2D eigenvalue weighted by atomic mass is 19.1. The number of hydrogen-bond acceptors (Lipinski definition) is 5. The molecule has 2 aliphatic rings. The van der Waals surface area contributed by atoms with Gasteiger partial charge in [0.2, 0.25) is 0 Å². The third-order valence-electron chi connectivity index (χ3n) is 5.33. The third kappa shape index (κ3) is 5.08. The van der Waals surface area contributed by atoms with Crippen LogP contribution in [0.3, 0.4) is 0 Å². The van der Waals surface area contributed by atoms with Gasteiger partial charge in [0.05, 0.1) is 16.9 Å². The van der Waals surface area contributed by atoms with Gasteiger partial charge in [-0.15, -0.1) is 0 Å². The molecule has 0 radical (unpaired) electrons. The molecule has 0 bridgehead atoms. The summed E-state index contributed by atoms with van der Waals surface area (Å²) in [6.45, 7) is 6.38. The van der Waals surface area contributed by atoms with Crippen LogP contribution in [0.5, 0.6) is 0 Å². The zero-order valence-corrected chi connectivity index (χ0v) is 18.7. The summed E-state index contributed by atoms with van der Waals surface area (Å²) in [5.74, 6) is -1.43. The molecule has 0 spiro atoms. The van der Waals surface area contributed by atoms with Crippen molar-refractivity contribution in [3.8, 4) is 0 Å². The van der Waals surface area contributed by atoms with Crippen molar-refractivity contribution in [2.75, 3.05) is 29.0 Å². The maximum Gasteiger partial charge on any atom is 0.410 e. The molecule has 2 heterocycles. The molecule has 0 aromatic heterocycles. The van der Waals surface area contributed by atoms with Gasteiger partial charge in [-0.1, -0.05) is 6.07 Å². The van der Waals surface area contributed by atoms with Gasteiger partial charge < -0.3 is 25.6 Å². The number of halogens is 2. The highest BCUT2D eigenvalue weighted by Gasteiger charge is 2.30. The summed E-state index contributed by atoms with van der Waals surface area (Å²) < 4.78 is 34.2. The number of benzene rings is 2. The molecule has 0 saturated carbocycles. The second-order valence-corrected chi connectivity index (χ2v) is 9.07. The lowest BCUT2D eigenvalue weighted by Crippen LogP contribution is -2.36. The Hall–Kier alpha value is -3.62. The van der Waals surface area contributed by atoms with Gasteiger partial charge in [0.1, 0.15) is 17.2 Å². The second kappa shape index (κ2) is 8.73. The minimum Gasteiger partial charge on any atom is -0.444 e. The van der Waals surface area contributed by atoms with E-state index in [-0.39, 0.29) is 23.3 Å². The van der Waals surface area contributed by atoms with Crippen molar-refractivity contribution < 1.29 is 23.1 Å². The minimum atomic E-state index is -0.570. The number of carbonyl (C=O) groups excluding carboxylic acids is 2. The van der Waals surface area contributed by atoms with E-state index in [9.17, 15) is 18.4 Å². The van der Waals surface area contributed by atoms with E-state index in [0.717, 1.165) is 0 Å². The van der Waals surface area contributed by atoms with E-state index in [0.29, 0.717) is 36.6 Å². The molecule has 1 fully saturated rings. The molecule has 174 valence electrons. The Bertz CT molecular complexity index is 1130. The van der Waals surface area contributed by atoms with E-state index in [1.54, 1.807) is 23.1 Å². The van der Waals surface area contributed by atoms with Gasteiger partial charge in [-0.25, -0.2) is 13.6 Å². The molecule has 1 atom stereocenters. The molecule has 2 aliphatic heterocycles. The lowest BCUT2D eigenvalue weighted by atomic mass is 10.1. The van der Waals surface area contributed by atoms with Crippen LogP contribution in [0, 0.1) is 11.6 Å². The normalized spacial score (nSPS) is 18.8. The third-order valence-corrected chi connectivity index (χ3v) is 5.33. The topological polar surface area (TPSA) is 82.7 Å². The monoisotopic (exact) mass is 456 g/mol. The van der Waals surface area contributed by atoms with Crippen molar-refractivity contribution in [2.45, 2.75) is 38.8 Å². The van der Waals surface area contributed by atoms with Crippen LogP contribution in [0.4, 0.5) is 30.6 Å². The van der Waals surface area contributed by atoms with Crippen molar-refractivity contribution in [3.63, 3.8) is 0 Å². The maximum atomic E-state index is 14.7. The highest BCUT2D eigenvalue weighted by Crippen LogP contribution is 2.33. The lowest BCUT2D eigenvalue weighted by molar-refractivity contribution is -0.110. The number of nitrogens with one attached hydrogen (secondary N) is 3. The Labute approximate surface area is 190 Å². The molecule has 3 N–H and O–H groups in total.